The second-order valence-electron chi connectivity index (χ2n) is 18.4. The van der Waals surface area contributed by atoms with Gasteiger partial charge in [0.25, 0.3) is 0 Å². The van der Waals surface area contributed by atoms with Crippen LogP contribution in [0, 0.1) is 35.5 Å². The molecule has 0 N–H and O–H groups in total. The van der Waals surface area contributed by atoms with Crippen molar-refractivity contribution in [3.8, 4) is 0 Å². The Kier molecular flexibility index (Phi) is 25.0. The molecule has 12 nitrogen and oxygen atoms in total. The summed E-state index contributed by atoms with van der Waals surface area (Å²) in [4.78, 5) is 0. The molecule has 6 unspecified atom stereocenters. The number of hydrogen-bond donors (Lipinski definition) is 0. The van der Waals surface area contributed by atoms with Crippen LogP contribution in [0.2, 0.25) is 0 Å². The van der Waals surface area contributed by atoms with Gasteiger partial charge in [0.2, 0.25) is 0 Å². The van der Waals surface area contributed by atoms with Crippen molar-refractivity contribution in [1.29, 1.82) is 0 Å². The molecule has 4 heterocycles. The monoisotopic (exact) mass is 855 g/mol. The molecule has 7 fully saturated rings. The molecule has 0 aromatic heterocycles. The van der Waals surface area contributed by atoms with Gasteiger partial charge in [0.05, 0.1) is 26.4 Å². The van der Waals surface area contributed by atoms with Gasteiger partial charge >= 0.3 is 0 Å². The van der Waals surface area contributed by atoms with Crippen molar-refractivity contribution in [3.05, 3.63) is 0 Å². The molecule has 12 heteroatoms. The summed E-state index contributed by atoms with van der Waals surface area (Å²) in [5, 5.41) is 0. The molecule has 0 aromatic rings. The SMILES string of the molecule is C(CCOC1CCCCO1)COC[C@@H]1C2CCC([C@@H](COCCCCOC3CCCCO3)[C@H]2COCCCCOC2CCCCO2)[C@@H]1COCCCCOC1CCCCO1. The lowest BCUT2D eigenvalue weighted by Gasteiger charge is -2.57. The molecule has 4 aliphatic heterocycles. The first-order valence-corrected chi connectivity index (χ1v) is 25.1. The second kappa shape index (κ2) is 30.6. The van der Waals surface area contributed by atoms with Gasteiger partial charge in [0.1, 0.15) is 0 Å². The summed E-state index contributed by atoms with van der Waals surface area (Å²) < 4.78 is 73.2. The van der Waals surface area contributed by atoms with Crippen LogP contribution < -0.4 is 0 Å². The molecule has 3 aliphatic carbocycles. The van der Waals surface area contributed by atoms with E-state index in [9.17, 15) is 0 Å². The maximum atomic E-state index is 6.56. The van der Waals surface area contributed by atoms with E-state index in [4.69, 9.17) is 56.8 Å². The van der Waals surface area contributed by atoms with Crippen LogP contribution in [-0.4, -0.2) is 131 Å². The Morgan fingerprint density at radius 1 is 0.283 bits per heavy atom. The maximum absolute atomic E-state index is 6.56. The highest BCUT2D eigenvalue weighted by molar-refractivity contribution is 5.01. The number of fused-ring (bicyclic) bond motifs is 3. The van der Waals surface area contributed by atoms with Crippen LogP contribution in [0.1, 0.15) is 141 Å². The molecule has 0 radical (unpaired) electrons. The van der Waals surface area contributed by atoms with Gasteiger partial charge in [-0.1, -0.05) is 0 Å². The first-order valence-electron chi connectivity index (χ1n) is 25.1. The summed E-state index contributed by atoms with van der Waals surface area (Å²) in [5.74, 6) is 2.88. The zero-order chi connectivity index (χ0) is 41.1. The summed E-state index contributed by atoms with van der Waals surface area (Å²) in [6.07, 6.45) is 23.8. The zero-order valence-electron chi connectivity index (χ0n) is 37.5. The van der Waals surface area contributed by atoms with Crippen molar-refractivity contribution in [3.63, 3.8) is 0 Å². The molecule has 0 amide bonds. The number of unbranched alkanes of at least 4 members (excludes halogenated alkanes) is 4. The Balaban J connectivity index is 0.976. The van der Waals surface area contributed by atoms with E-state index in [2.05, 4.69) is 0 Å². The minimum atomic E-state index is -0.0208. The fourth-order valence-electron chi connectivity index (χ4n) is 10.5. The van der Waals surface area contributed by atoms with Gasteiger partial charge in [-0.2, -0.15) is 0 Å². The van der Waals surface area contributed by atoms with E-state index in [0.29, 0.717) is 35.5 Å². The van der Waals surface area contributed by atoms with Crippen molar-refractivity contribution in [2.75, 3.05) is 106 Å². The first kappa shape index (κ1) is 49.0. The molecule has 7 aliphatic rings. The summed E-state index contributed by atoms with van der Waals surface area (Å²) in [6, 6.07) is 0. The van der Waals surface area contributed by atoms with Crippen molar-refractivity contribution < 1.29 is 56.8 Å². The third-order valence-corrected chi connectivity index (χ3v) is 13.9. The molecule has 0 spiro atoms. The van der Waals surface area contributed by atoms with E-state index in [1.807, 2.05) is 0 Å². The zero-order valence-corrected chi connectivity index (χ0v) is 37.5. The minimum absolute atomic E-state index is 0.0208. The van der Waals surface area contributed by atoms with Crippen molar-refractivity contribution in [2.45, 2.75) is 166 Å². The van der Waals surface area contributed by atoms with Gasteiger partial charge in [-0.15, -0.1) is 0 Å². The average Bonchev–Trinajstić information content (AvgIpc) is 3.30. The van der Waals surface area contributed by atoms with E-state index >= 15 is 0 Å². The molecule has 4 saturated heterocycles. The third-order valence-electron chi connectivity index (χ3n) is 13.9. The largest absolute Gasteiger partial charge is 0.381 e. The normalized spacial score (nSPS) is 32.4. The van der Waals surface area contributed by atoms with E-state index < -0.39 is 0 Å². The van der Waals surface area contributed by atoms with E-state index in [1.165, 1.54) is 38.5 Å². The lowest BCUT2D eigenvalue weighted by molar-refractivity contribution is -0.166. The average molecular weight is 855 g/mol. The highest BCUT2D eigenvalue weighted by Crippen LogP contribution is 2.55. The van der Waals surface area contributed by atoms with E-state index in [0.717, 1.165) is 208 Å². The van der Waals surface area contributed by atoms with Crippen molar-refractivity contribution >= 4 is 0 Å². The van der Waals surface area contributed by atoms with Crippen LogP contribution in [0.3, 0.4) is 0 Å². The smallest absolute Gasteiger partial charge is 0.157 e. The predicted molar refractivity (Wildman–Crippen MR) is 229 cm³/mol. The molecule has 10 atom stereocenters. The predicted octanol–water partition coefficient (Wildman–Crippen LogP) is 8.85. The highest BCUT2D eigenvalue weighted by atomic mass is 16.7. The molecular formula is C48H86O12. The Morgan fingerprint density at radius 3 is 0.767 bits per heavy atom. The van der Waals surface area contributed by atoms with Gasteiger partial charge in [-0.3, -0.25) is 0 Å². The molecule has 350 valence electrons. The number of rotatable bonds is 32. The summed E-state index contributed by atoms with van der Waals surface area (Å²) >= 11 is 0. The third kappa shape index (κ3) is 18.2. The summed E-state index contributed by atoms with van der Waals surface area (Å²) in [7, 11) is 0. The van der Waals surface area contributed by atoms with Crippen molar-refractivity contribution in [2.24, 2.45) is 35.5 Å². The van der Waals surface area contributed by atoms with Gasteiger partial charge in [0.15, 0.2) is 25.2 Å². The summed E-state index contributed by atoms with van der Waals surface area (Å²) in [6.45, 7) is 12.4. The number of ether oxygens (including phenoxy) is 12. The van der Waals surface area contributed by atoms with E-state index in [1.54, 1.807) is 0 Å². The lowest BCUT2D eigenvalue weighted by atomic mass is 9.50. The lowest BCUT2D eigenvalue weighted by Crippen LogP contribution is -2.56. The van der Waals surface area contributed by atoms with Crippen LogP contribution in [0.5, 0.6) is 0 Å². The quantitative estimate of drug-likeness (QED) is 0.0603. The Labute approximate surface area is 363 Å². The van der Waals surface area contributed by atoms with Crippen LogP contribution in [-0.2, 0) is 56.8 Å². The van der Waals surface area contributed by atoms with Crippen LogP contribution in [0.4, 0.5) is 0 Å². The maximum Gasteiger partial charge on any atom is 0.157 e. The molecule has 2 bridgehead atoms. The molecule has 60 heavy (non-hydrogen) atoms. The standard InChI is InChI=1S/C48H86O12/c1-5-27-53-45(17-1)57-31-13-9-23-49-35-41-39-21-22-40(42(41)36-50-24-10-14-32-58-46-18-2-6-28-54-46)44(38-52-26-12-16-34-60-48-20-4-8-30-56-48)43(39)37-51-25-11-15-33-59-47-19-3-7-29-55-47/h39-48H,1-38H2/t39?,40?,41-,42+,43+,44-,45?,46?,47?,48?. The fourth-order valence-corrected chi connectivity index (χ4v) is 10.5. The van der Waals surface area contributed by atoms with Crippen LogP contribution in [0.25, 0.3) is 0 Å². The topological polar surface area (TPSA) is 111 Å². The Hall–Kier alpha value is -0.480. The van der Waals surface area contributed by atoms with Gasteiger partial charge < -0.3 is 56.8 Å². The Morgan fingerprint density at radius 2 is 0.533 bits per heavy atom. The first-order chi connectivity index (χ1) is 29.8. The van der Waals surface area contributed by atoms with Gasteiger partial charge in [-0.25, -0.2) is 0 Å². The van der Waals surface area contributed by atoms with E-state index in [-0.39, 0.29) is 25.2 Å². The fraction of sp³-hybridized carbons (Fsp3) is 1.00. The van der Waals surface area contributed by atoms with Crippen LogP contribution >= 0.6 is 0 Å². The summed E-state index contributed by atoms with van der Waals surface area (Å²) in [5.41, 5.74) is 0. The molecule has 0 aromatic carbocycles. The van der Waals surface area contributed by atoms with Gasteiger partial charge in [-0.05, 0) is 177 Å². The molecule has 3 saturated carbocycles. The molecule has 7 rings (SSSR count). The van der Waals surface area contributed by atoms with Crippen molar-refractivity contribution in [1.82, 2.24) is 0 Å². The van der Waals surface area contributed by atoms with Crippen LogP contribution in [0.15, 0.2) is 0 Å². The minimum Gasteiger partial charge on any atom is -0.381 e. The Bertz CT molecular complexity index is 875. The second-order valence-corrected chi connectivity index (χ2v) is 18.4. The van der Waals surface area contributed by atoms with Gasteiger partial charge in [0, 0.05) is 79.3 Å². The highest BCUT2D eigenvalue weighted by Gasteiger charge is 2.53. The number of hydrogen-bond acceptors (Lipinski definition) is 12. The molecular weight excluding hydrogens is 769 g/mol.